The van der Waals surface area contributed by atoms with Crippen molar-refractivity contribution in [2.24, 2.45) is 0 Å². The Labute approximate surface area is 146 Å². The Balaban J connectivity index is 1.89. The van der Waals surface area contributed by atoms with Crippen molar-refractivity contribution >= 4 is 39.1 Å². The van der Waals surface area contributed by atoms with Gasteiger partial charge in [0.25, 0.3) is 5.56 Å². The summed E-state index contributed by atoms with van der Waals surface area (Å²) < 4.78 is 0. The van der Waals surface area contributed by atoms with Crippen LogP contribution in [0.1, 0.15) is 5.82 Å². The third kappa shape index (κ3) is 3.48. The molecule has 0 aliphatic rings. The number of likely N-dealkylation sites (N-methyl/N-ethyl adjacent to an activating group) is 1. The molecular weight excluding hydrogens is 348 g/mol. The fourth-order valence-electron chi connectivity index (χ4n) is 2.30. The number of amides is 1. The number of rotatable bonds is 5. The number of nitrogens with one attached hydrogen (secondary N) is 3. The van der Waals surface area contributed by atoms with E-state index in [0.717, 1.165) is 11.1 Å². The van der Waals surface area contributed by atoms with Crippen molar-refractivity contribution in [3.05, 3.63) is 50.8 Å². The van der Waals surface area contributed by atoms with Crippen LogP contribution >= 0.6 is 22.9 Å². The highest BCUT2D eigenvalue weighted by molar-refractivity contribution is 7.17. The number of hydrogen-bond donors (Lipinski definition) is 3. The number of nitrogens with zero attached hydrogens (tertiary/aromatic N) is 1. The lowest BCUT2D eigenvalue weighted by molar-refractivity contribution is -0.119. The molecule has 0 saturated heterocycles. The van der Waals surface area contributed by atoms with Gasteiger partial charge in [-0.2, -0.15) is 0 Å². The van der Waals surface area contributed by atoms with Crippen LogP contribution in [-0.4, -0.2) is 29.5 Å². The summed E-state index contributed by atoms with van der Waals surface area (Å²) in [6, 6.07) is 7.34. The number of thiophene rings is 1. The first kappa shape index (κ1) is 16.6. The summed E-state index contributed by atoms with van der Waals surface area (Å²) in [6.45, 7) is 0.478. The van der Waals surface area contributed by atoms with E-state index in [1.165, 1.54) is 11.3 Å². The van der Waals surface area contributed by atoms with Gasteiger partial charge < -0.3 is 15.6 Å². The minimum atomic E-state index is -0.192. The largest absolute Gasteiger partial charge is 0.358 e. The Kier molecular flexibility index (Phi) is 4.94. The Hall–Kier alpha value is -2.22. The van der Waals surface area contributed by atoms with Crippen LogP contribution in [0.3, 0.4) is 0 Å². The SMILES string of the molecule is CNC(=O)CNCc1nc2scc(-c3ccc(Cl)cc3)c2c(=O)[nH]1. The lowest BCUT2D eigenvalue weighted by Gasteiger charge is -2.04. The molecule has 2 heterocycles. The van der Waals surface area contributed by atoms with Gasteiger partial charge in [-0.05, 0) is 17.7 Å². The first-order chi connectivity index (χ1) is 11.6. The number of carbonyl (C=O) groups is 1. The number of fused-ring (bicyclic) bond motifs is 1. The second-order valence-corrected chi connectivity index (χ2v) is 6.42. The summed E-state index contributed by atoms with van der Waals surface area (Å²) in [6.07, 6.45) is 0. The molecule has 3 aromatic rings. The molecule has 0 spiro atoms. The van der Waals surface area contributed by atoms with E-state index < -0.39 is 0 Å². The lowest BCUT2D eigenvalue weighted by Crippen LogP contribution is -2.31. The predicted octanol–water partition coefficient (Wildman–Crippen LogP) is 2.14. The molecule has 24 heavy (non-hydrogen) atoms. The molecule has 0 aliphatic carbocycles. The predicted molar refractivity (Wildman–Crippen MR) is 96.5 cm³/mol. The molecule has 2 aromatic heterocycles. The maximum atomic E-state index is 12.5. The maximum absolute atomic E-state index is 12.5. The van der Waals surface area contributed by atoms with Crippen LogP contribution < -0.4 is 16.2 Å². The van der Waals surface area contributed by atoms with Crippen molar-refractivity contribution in [2.75, 3.05) is 13.6 Å². The van der Waals surface area contributed by atoms with Crippen molar-refractivity contribution in [3.63, 3.8) is 0 Å². The van der Waals surface area contributed by atoms with E-state index in [9.17, 15) is 9.59 Å². The summed E-state index contributed by atoms with van der Waals surface area (Å²) in [4.78, 5) is 31.5. The highest BCUT2D eigenvalue weighted by Crippen LogP contribution is 2.31. The number of H-pyrrole nitrogens is 1. The molecule has 0 bridgehead atoms. The average Bonchev–Trinajstić information content (AvgIpc) is 3.00. The van der Waals surface area contributed by atoms with Gasteiger partial charge in [0.15, 0.2) is 0 Å². The van der Waals surface area contributed by atoms with Gasteiger partial charge in [-0.1, -0.05) is 23.7 Å². The second-order valence-electron chi connectivity index (χ2n) is 5.13. The van der Waals surface area contributed by atoms with E-state index in [1.54, 1.807) is 19.2 Å². The van der Waals surface area contributed by atoms with E-state index in [2.05, 4.69) is 20.6 Å². The lowest BCUT2D eigenvalue weighted by atomic mass is 10.1. The minimum absolute atomic E-state index is 0.125. The van der Waals surface area contributed by atoms with Gasteiger partial charge in [0.1, 0.15) is 10.7 Å². The summed E-state index contributed by atoms with van der Waals surface area (Å²) in [5, 5.41) is 8.58. The molecule has 0 saturated carbocycles. The molecule has 3 N–H and O–H groups in total. The highest BCUT2D eigenvalue weighted by Gasteiger charge is 2.13. The average molecular weight is 363 g/mol. The first-order valence-electron chi connectivity index (χ1n) is 7.26. The Bertz CT molecular complexity index is 933. The van der Waals surface area contributed by atoms with Gasteiger partial charge >= 0.3 is 0 Å². The van der Waals surface area contributed by atoms with E-state index in [4.69, 9.17) is 11.6 Å². The molecule has 3 rings (SSSR count). The van der Waals surface area contributed by atoms with Crippen molar-refractivity contribution in [3.8, 4) is 11.1 Å². The summed E-state index contributed by atoms with van der Waals surface area (Å²) >= 11 is 7.33. The molecule has 1 amide bonds. The summed E-state index contributed by atoms with van der Waals surface area (Å²) in [7, 11) is 1.57. The fourth-order valence-corrected chi connectivity index (χ4v) is 3.39. The van der Waals surface area contributed by atoms with Crippen LogP contribution in [0.25, 0.3) is 21.3 Å². The summed E-state index contributed by atoms with van der Waals surface area (Å²) in [5.74, 6) is 0.375. The van der Waals surface area contributed by atoms with Crippen LogP contribution in [0.4, 0.5) is 0 Å². The van der Waals surface area contributed by atoms with Crippen LogP contribution in [0.15, 0.2) is 34.4 Å². The van der Waals surface area contributed by atoms with Crippen molar-refractivity contribution in [1.82, 2.24) is 20.6 Å². The molecule has 124 valence electrons. The van der Waals surface area contributed by atoms with Crippen molar-refractivity contribution in [2.45, 2.75) is 6.54 Å². The Morgan fingerprint density at radius 3 is 2.79 bits per heavy atom. The number of benzene rings is 1. The zero-order chi connectivity index (χ0) is 17.1. The zero-order valence-corrected chi connectivity index (χ0v) is 14.4. The van der Waals surface area contributed by atoms with Gasteiger partial charge in [0.05, 0.1) is 18.5 Å². The van der Waals surface area contributed by atoms with Gasteiger partial charge in [0, 0.05) is 23.0 Å². The second kappa shape index (κ2) is 7.12. The maximum Gasteiger partial charge on any atom is 0.260 e. The van der Waals surface area contributed by atoms with E-state index in [1.807, 2.05) is 17.5 Å². The molecule has 0 unspecified atom stereocenters. The normalized spacial score (nSPS) is 10.9. The number of hydrogen-bond acceptors (Lipinski definition) is 5. The van der Waals surface area contributed by atoms with Crippen LogP contribution in [0.2, 0.25) is 5.02 Å². The van der Waals surface area contributed by atoms with Crippen LogP contribution in [-0.2, 0) is 11.3 Å². The zero-order valence-electron chi connectivity index (χ0n) is 12.9. The van der Waals surface area contributed by atoms with Gasteiger partial charge in [-0.3, -0.25) is 9.59 Å². The van der Waals surface area contributed by atoms with Crippen LogP contribution in [0.5, 0.6) is 0 Å². The van der Waals surface area contributed by atoms with Gasteiger partial charge in [-0.25, -0.2) is 4.98 Å². The van der Waals surface area contributed by atoms with E-state index in [0.29, 0.717) is 27.6 Å². The topological polar surface area (TPSA) is 86.9 Å². The molecule has 6 nitrogen and oxygen atoms in total. The van der Waals surface area contributed by atoms with E-state index in [-0.39, 0.29) is 18.0 Å². The molecule has 0 fully saturated rings. The molecule has 0 aliphatic heterocycles. The monoisotopic (exact) mass is 362 g/mol. The quantitative estimate of drug-likeness (QED) is 0.649. The van der Waals surface area contributed by atoms with Crippen molar-refractivity contribution in [1.29, 1.82) is 0 Å². The number of aromatic nitrogens is 2. The summed E-state index contributed by atoms with van der Waals surface area (Å²) in [5.41, 5.74) is 1.57. The van der Waals surface area contributed by atoms with Gasteiger partial charge in [-0.15, -0.1) is 11.3 Å². The third-order valence-electron chi connectivity index (χ3n) is 3.51. The minimum Gasteiger partial charge on any atom is -0.358 e. The molecule has 0 atom stereocenters. The molecule has 8 heteroatoms. The van der Waals surface area contributed by atoms with Gasteiger partial charge in [0.2, 0.25) is 5.91 Å². The first-order valence-corrected chi connectivity index (χ1v) is 8.52. The number of halogens is 1. The third-order valence-corrected chi connectivity index (χ3v) is 4.63. The molecule has 0 radical (unpaired) electrons. The molecule has 1 aromatic carbocycles. The fraction of sp³-hybridized carbons (Fsp3) is 0.188. The van der Waals surface area contributed by atoms with Crippen LogP contribution in [0, 0.1) is 0 Å². The van der Waals surface area contributed by atoms with Crippen molar-refractivity contribution < 1.29 is 4.79 Å². The Morgan fingerprint density at radius 2 is 2.08 bits per heavy atom. The van der Waals surface area contributed by atoms with E-state index >= 15 is 0 Å². The molecular formula is C16H15ClN4O2S. The highest BCUT2D eigenvalue weighted by atomic mass is 35.5. The Morgan fingerprint density at radius 1 is 1.33 bits per heavy atom. The smallest absolute Gasteiger partial charge is 0.260 e. The standard InChI is InChI=1S/C16H15ClN4O2S/c1-18-13(22)7-19-6-12-20-15(23)14-11(8-24-16(14)21-12)9-2-4-10(17)5-3-9/h2-5,8,19H,6-7H2,1H3,(H,18,22)(H,20,21,23). The number of aromatic amines is 1. The number of carbonyl (C=O) groups excluding carboxylic acids is 1.